The van der Waals surface area contributed by atoms with E-state index in [0.29, 0.717) is 6.04 Å². The largest absolute Gasteiger partial charge is 0.399 e. The molecule has 1 atom stereocenters. The molecule has 0 spiro atoms. The van der Waals surface area contributed by atoms with Gasteiger partial charge in [0, 0.05) is 22.4 Å². The van der Waals surface area contributed by atoms with Gasteiger partial charge in [-0.15, -0.1) is 11.8 Å². The van der Waals surface area contributed by atoms with Gasteiger partial charge in [-0.25, -0.2) is 0 Å². The fourth-order valence-corrected chi connectivity index (χ4v) is 2.77. The van der Waals surface area contributed by atoms with Gasteiger partial charge in [0.15, 0.2) is 0 Å². The second-order valence-electron chi connectivity index (χ2n) is 3.68. The van der Waals surface area contributed by atoms with E-state index in [-0.39, 0.29) is 0 Å². The summed E-state index contributed by atoms with van der Waals surface area (Å²) in [6.07, 6.45) is 2.64. The molecule has 1 aliphatic rings. The second-order valence-corrected chi connectivity index (χ2v) is 4.77. The van der Waals surface area contributed by atoms with Gasteiger partial charge >= 0.3 is 0 Å². The third-order valence-corrected chi connectivity index (χ3v) is 3.63. The summed E-state index contributed by atoms with van der Waals surface area (Å²) < 4.78 is 0. The molecule has 0 aliphatic carbocycles. The Bertz CT molecular complexity index is 295. The van der Waals surface area contributed by atoms with Gasteiger partial charge in [-0.3, -0.25) is 0 Å². The van der Waals surface area contributed by atoms with Crippen LogP contribution in [0.1, 0.15) is 12.8 Å². The lowest BCUT2D eigenvalue weighted by atomic mass is 10.3. The van der Waals surface area contributed by atoms with Gasteiger partial charge in [0.2, 0.25) is 0 Å². The van der Waals surface area contributed by atoms with Crippen molar-refractivity contribution in [2.75, 3.05) is 18.0 Å². The van der Waals surface area contributed by atoms with E-state index in [4.69, 9.17) is 5.73 Å². The standard InChI is InChI=1S/C11H16N2S/c12-9-3-1-5-11(7-9)14-8-10-4-2-6-13-10/h1,3,5,7,10,13H,2,4,6,8,12H2. The highest BCUT2D eigenvalue weighted by molar-refractivity contribution is 7.99. The van der Waals surface area contributed by atoms with Crippen molar-refractivity contribution in [3.63, 3.8) is 0 Å². The van der Waals surface area contributed by atoms with Crippen LogP contribution >= 0.6 is 11.8 Å². The molecule has 0 amide bonds. The fourth-order valence-electron chi connectivity index (χ4n) is 1.70. The van der Waals surface area contributed by atoms with Crippen molar-refractivity contribution in [2.24, 2.45) is 0 Å². The Morgan fingerprint density at radius 2 is 2.43 bits per heavy atom. The van der Waals surface area contributed by atoms with Gasteiger partial charge in [0.25, 0.3) is 0 Å². The van der Waals surface area contributed by atoms with E-state index >= 15 is 0 Å². The highest BCUT2D eigenvalue weighted by Crippen LogP contribution is 2.22. The summed E-state index contributed by atoms with van der Waals surface area (Å²) in [6, 6.07) is 8.80. The number of nitrogen functional groups attached to an aromatic ring is 1. The molecule has 0 aromatic heterocycles. The van der Waals surface area contributed by atoms with Gasteiger partial charge in [0.1, 0.15) is 0 Å². The molecule has 1 aliphatic heterocycles. The molecule has 1 fully saturated rings. The molecule has 0 saturated carbocycles. The highest BCUT2D eigenvalue weighted by atomic mass is 32.2. The Morgan fingerprint density at radius 1 is 1.50 bits per heavy atom. The average molecular weight is 208 g/mol. The first kappa shape index (κ1) is 9.87. The molecule has 1 heterocycles. The lowest BCUT2D eigenvalue weighted by molar-refractivity contribution is 0.674. The quantitative estimate of drug-likeness (QED) is 0.590. The number of thioether (sulfide) groups is 1. The molecule has 1 unspecified atom stereocenters. The van der Waals surface area contributed by atoms with E-state index in [2.05, 4.69) is 11.4 Å². The smallest absolute Gasteiger partial charge is 0.0325 e. The Labute approximate surface area is 89.3 Å². The van der Waals surface area contributed by atoms with Crippen LogP contribution in [0.15, 0.2) is 29.2 Å². The lowest BCUT2D eigenvalue weighted by Crippen LogP contribution is -2.23. The molecule has 0 radical (unpaired) electrons. The molecule has 1 saturated heterocycles. The van der Waals surface area contributed by atoms with E-state index in [1.54, 1.807) is 0 Å². The van der Waals surface area contributed by atoms with Crippen LogP contribution in [0.2, 0.25) is 0 Å². The van der Waals surface area contributed by atoms with E-state index in [9.17, 15) is 0 Å². The summed E-state index contributed by atoms with van der Waals surface area (Å²) in [6.45, 7) is 1.18. The van der Waals surface area contributed by atoms with Gasteiger partial charge in [-0.1, -0.05) is 6.07 Å². The number of nitrogens with two attached hydrogens (primary N) is 1. The van der Waals surface area contributed by atoms with E-state index in [1.807, 2.05) is 30.0 Å². The average Bonchev–Trinajstić information content (AvgIpc) is 2.67. The summed E-state index contributed by atoms with van der Waals surface area (Å²) in [5.41, 5.74) is 6.57. The first-order chi connectivity index (χ1) is 6.84. The Kier molecular flexibility index (Phi) is 3.32. The van der Waals surface area contributed by atoms with Crippen LogP contribution < -0.4 is 11.1 Å². The number of benzene rings is 1. The second kappa shape index (κ2) is 4.71. The van der Waals surface area contributed by atoms with Crippen LogP contribution in [0.4, 0.5) is 5.69 Å². The van der Waals surface area contributed by atoms with Crippen LogP contribution in [0.5, 0.6) is 0 Å². The normalized spacial score (nSPS) is 21.3. The topological polar surface area (TPSA) is 38.0 Å². The minimum Gasteiger partial charge on any atom is -0.399 e. The molecule has 1 aromatic carbocycles. The molecule has 2 nitrogen and oxygen atoms in total. The zero-order chi connectivity index (χ0) is 9.80. The maximum Gasteiger partial charge on any atom is 0.0325 e. The number of hydrogen-bond donors (Lipinski definition) is 2. The molecule has 76 valence electrons. The first-order valence-electron chi connectivity index (χ1n) is 5.06. The Balaban J connectivity index is 1.85. The predicted octanol–water partition coefficient (Wildman–Crippen LogP) is 2.11. The summed E-state index contributed by atoms with van der Waals surface area (Å²) in [5, 5.41) is 3.49. The van der Waals surface area contributed by atoms with Crippen molar-refractivity contribution in [1.82, 2.24) is 5.32 Å². The highest BCUT2D eigenvalue weighted by Gasteiger charge is 2.13. The molecule has 2 rings (SSSR count). The monoisotopic (exact) mass is 208 g/mol. The summed E-state index contributed by atoms with van der Waals surface area (Å²) >= 11 is 1.89. The van der Waals surface area contributed by atoms with Crippen molar-refractivity contribution < 1.29 is 0 Å². The molecule has 1 aromatic rings. The van der Waals surface area contributed by atoms with Crippen LogP contribution in [0.25, 0.3) is 0 Å². The third-order valence-electron chi connectivity index (χ3n) is 2.47. The van der Waals surface area contributed by atoms with Crippen LogP contribution in [0.3, 0.4) is 0 Å². The lowest BCUT2D eigenvalue weighted by Gasteiger charge is -2.09. The summed E-state index contributed by atoms with van der Waals surface area (Å²) in [7, 11) is 0. The van der Waals surface area contributed by atoms with E-state index < -0.39 is 0 Å². The minimum atomic E-state index is 0.696. The molecule has 14 heavy (non-hydrogen) atoms. The number of hydrogen-bond acceptors (Lipinski definition) is 3. The van der Waals surface area contributed by atoms with Crippen molar-refractivity contribution in [1.29, 1.82) is 0 Å². The summed E-state index contributed by atoms with van der Waals surface area (Å²) in [5.74, 6) is 1.16. The van der Waals surface area contributed by atoms with E-state index in [1.165, 1.54) is 24.3 Å². The first-order valence-corrected chi connectivity index (χ1v) is 6.05. The maximum absolute atomic E-state index is 5.71. The minimum absolute atomic E-state index is 0.696. The summed E-state index contributed by atoms with van der Waals surface area (Å²) in [4.78, 5) is 1.28. The molecule has 0 bridgehead atoms. The van der Waals surface area contributed by atoms with Crippen LogP contribution in [-0.4, -0.2) is 18.3 Å². The fraction of sp³-hybridized carbons (Fsp3) is 0.455. The van der Waals surface area contributed by atoms with Crippen molar-refractivity contribution in [3.8, 4) is 0 Å². The van der Waals surface area contributed by atoms with Gasteiger partial charge < -0.3 is 11.1 Å². The van der Waals surface area contributed by atoms with Crippen molar-refractivity contribution in [3.05, 3.63) is 24.3 Å². The van der Waals surface area contributed by atoms with E-state index in [0.717, 1.165) is 11.4 Å². The Hall–Kier alpha value is -0.670. The predicted molar refractivity (Wildman–Crippen MR) is 62.6 cm³/mol. The van der Waals surface area contributed by atoms with Crippen molar-refractivity contribution >= 4 is 17.4 Å². The third kappa shape index (κ3) is 2.66. The molecule has 3 N–H and O–H groups in total. The van der Waals surface area contributed by atoms with Gasteiger partial charge in [0.05, 0.1) is 0 Å². The van der Waals surface area contributed by atoms with Crippen LogP contribution in [0, 0.1) is 0 Å². The Morgan fingerprint density at radius 3 is 3.14 bits per heavy atom. The number of anilines is 1. The van der Waals surface area contributed by atoms with Gasteiger partial charge in [-0.2, -0.15) is 0 Å². The zero-order valence-electron chi connectivity index (χ0n) is 8.20. The number of rotatable bonds is 3. The van der Waals surface area contributed by atoms with Crippen molar-refractivity contribution in [2.45, 2.75) is 23.8 Å². The SMILES string of the molecule is Nc1cccc(SCC2CCCN2)c1. The molecular weight excluding hydrogens is 192 g/mol. The molecular formula is C11H16N2S. The van der Waals surface area contributed by atoms with Crippen LogP contribution in [-0.2, 0) is 0 Å². The zero-order valence-corrected chi connectivity index (χ0v) is 9.02. The van der Waals surface area contributed by atoms with Gasteiger partial charge in [-0.05, 0) is 37.6 Å². The molecule has 3 heteroatoms. The number of nitrogens with one attached hydrogen (secondary N) is 1. The maximum atomic E-state index is 5.71.